The van der Waals surface area contributed by atoms with Gasteiger partial charge in [-0.3, -0.25) is 0 Å². The van der Waals surface area contributed by atoms with Gasteiger partial charge in [0.1, 0.15) is 5.75 Å². The Balaban J connectivity index is 0.000000605. The van der Waals surface area contributed by atoms with Gasteiger partial charge in [0, 0.05) is 44.1 Å². The monoisotopic (exact) mass is 273 g/mol. The molecule has 1 aromatic carbocycles. The van der Waals surface area contributed by atoms with Gasteiger partial charge in [0.05, 0.1) is 6.26 Å². The SMILES string of the molecule is C1=COc2ccccc2C1.[Nb].[Ti]. The molecular formula is C9H8NbOTi. The minimum absolute atomic E-state index is 0. The van der Waals surface area contributed by atoms with E-state index in [0.717, 1.165) is 12.2 Å². The van der Waals surface area contributed by atoms with Crippen LogP contribution in [0.5, 0.6) is 5.75 Å². The van der Waals surface area contributed by atoms with E-state index in [9.17, 15) is 0 Å². The third-order valence-electron chi connectivity index (χ3n) is 1.60. The largest absolute Gasteiger partial charge is 0.465 e. The van der Waals surface area contributed by atoms with Gasteiger partial charge >= 0.3 is 0 Å². The summed E-state index contributed by atoms with van der Waals surface area (Å²) in [5.74, 6) is 0.991. The summed E-state index contributed by atoms with van der Waals surface area (Å²) in [5.41, 5.74) is 1.27. The normalized spacial score (nSPS) is 11.7. The fourth-order valence-corrected chi connectivity index (χ4v) is 1.08. The molecule has 2 rings (SSSR count). The summed E-state index contributed by atoms with van der Waals surface area (Å²) in [6, 6.07) is 8.08. The van der Waals surface area contributed by atoms with Gasteiger partial charge in [0.2, 0.25) is 0 Å². The molecule has 1 heterocycles. The zero-order valence-corrected chi connectivity index (χ0v) is 10.3. The van der Waals surface area contributed by atoms with Crippen molar-refractivity contribution in [2.24, 2.45) is 0 Å². The van der Waals surface area contributed by atoms with Crippen molar-refractivity contribution in [1.82, 2.24) is 0 Å². The van der Waals surface area contributed by atoms with Gasteiger partial charge in [0.15, 0.2) is 0 Å². The van der Waals surface area contributed by atoms with Gasteiger partial charge < -0.3 is 4.74 Å². The van der Waals surface area contributed by atoms with Crippen LogP contribution in [0, 0.1) is 0 Å². The molecule has 12 heavy (non-hydrogen) atoms. The van der Waals surface area contributed by atoms with Crippen LogP contribution in [0.4, 0.5) is 0 Å². The summed E-state index contributed by atoms with van der Waals surface area (Å²) in [6.07, 6.45) is 4.75. The van der Waals surface area contributed by atoms with Gasteiger partial charge in [-0.25, -0.2) is 0 Å². The smallest absolute Gasteiger partial charge is 0.130 e. The van der Waals surface area contributed by atoms with Crippen LogP contribution < -0.4 is 4.74 Å². The third kappa shape index (κ3) is 2.61. The number of fused-ring (bicyclic) bond motifs is 1. The van der Waals surface area contributed by atoms with Crippen molar-refractivity contribution in [3.63, 3.8) is 0 Å². The number of benzene rings is 1. The van der Waals surface area contributed by atoms with Gasteiger partial charge in [-0.1, -0.05) is 18.2 Å². The first-order valence-corrected chi connectivity index (χ1v) is 3.36. The summed E-state index contributed by atoms with van der Waals surface area (Å²) in [7, 11) is 0. The van der Waals surface area contributed by atoms with E-state index in [4.69, 9.17) is 4.74 Å². The molecule has 1 radical (unpaired) electrons. The molecule has 0 unspecified atom stereocenters. The Morgan fingerprint density at radius 2 is 1.92 bits per heavy atom. The standard InChI is InChI=1S/C9H8O.Nb.Ti/c1-2-6-9-8(4-1)5-3-7-10-9;;/h1-4,6-7H,5H2;;. The molecule has 0 amide bonds. The molecule has 0 atom stereocenters. The van der Waals surface area contributed by atoms with E-state index in [1.54, 1.807) is 6.26 Å². The van der Waals surface area contributed by atoms with E-state index in [1.807, 2.05) is 24.3 Å². The predicted octanol–water partition coefficient (Wildman–Crippen LogP) is 2.13. The van der Waals surface area contributed by atoms with Gasteiger partial charge in [-0.05, 0) is 24.1 Å². The van der Waals surface area contributed by atoms with Crippen LogP contribution in [0.1, 0.15) is 5.56 Å². The molecule has 1 aliphatic rings. The average Bonchev–Trinajstić information content (AvgIpc) is 2.05. The van der Waals surface area contributed by atoms with Crippen LogP contribution in [0.25, 0.3) is 0 Å². The Morgan fingerprint density at radius 1 is 1.17 bits per heavy atom. The van der Waals surface area contributed by atoms with Gasteiger partial charge in [0.25, 0.3) is 0 Å². The molecule has 1 aliphatic heterocycles. The minimum atomic E-state index is 0. The zero-order chi connectivity index (χ0) is 6.81. The molecular weight excluding hydrogens is 265 g/mol. The first kappa shape index (κ1) is 12.2. The van der Waals surface area contributed by atoms with Crippen LogP contribution in [0.2, 0.25) is 0 Å². The first-order chi connectivity index (χ1) is 4.97. The van der Waals surface area contributed by atoms with Crippen molar-refractivity contribution >= 4 is 0 Å². The van der Waals surface area contributed by atoms with Crippen LogP contribution in [0.15, 0.2) is 36.6 Å². The maximum absolute atomic E-state index is 5.24. The molecule has 59 valence electrons. The van der Waals surface area contributed by atoms with Crippen molar-refractivity contribution in [3.8, 4) is 5.75 Å². The molecule has 1 aromatic rings. The Hall–Kier alpha value is 0.215. The van der Waals surface area contributed by atoms with Crippen molar-refractivity contribution in [2.75, 3.05) is 0 Å². The number of rotatable bonds is 0. The van der Waals surface area contributed by atoms with E-state index in [1.165, 1.54) is 5.56 Å². The molecule has 0 fully saturated rings. The third-order valence-corrected chi connectivity index (χ3v) is 1.60. The van der Waals surface area contributed by atoms with Crippen LogP contribution in [-0.4, -0.2) is 0 Å². The predicted molar refractivity (Wildman–Crippen MR) is 39.9 cm³/mol. The number of ether oxygens (including phenoxy) is 1. The molecule has 0 N–H and O–H groups in total. The zero-order valence-electron chi connectivity index (χ0n) is 6.53. The Morgan fingerprint density at radius 3 is 2.67 bits per heavy atom. The van der Waals surface area contributed by atoms with Crippen molar-refractivity contribution in [1.29, 1.82) is 0 Å². The van der Waals surface area contributed by atoms with E-state index in [0.29, 0.717) is 0 Å². The molecule has 0 saturated heterocycles. The first-order valence-electron chi connectivity index (χ1n) is 3.36. The Bertz CT molecular complexity index is 246. The number of allylic oxidation sites excluding steroid dienone is 1. The molecule has 3 heteroatoms. The van der Waals surface area contributed by atoms with Crippen molar-refractivity contribution in [3.05, 3.63) is 42.2 Å². The fourth-order valence-electron chi connectivity index (χ4n) is 1.08. The summed E-state index contributed by atoms with van der Waals surface area (Å²) in [6.45, 7) is 0. The summed E-state index contributed by atoms with van der Waals surface area (Å²) < 4.78 is 5.24. The van der Waals surface area contributed by atoms with Crippen LogP contribution >= 0.6 is 0 Å². The Labute approximate surface area is 103 Å². The quantitative estimate of drug-likeness (QED) is 0.658. The molecule has 0 bridgehead atoms. The Kier molecular flexibility index (Phi) is 5.89. The van der Waals surface area contributed by atoms with E-state index in [-0.39, 0.29) is 44.1 Å². The summed E-state index contributed by atoms with van der Waals surface area (Å²) in [5, 5.41) is 0. The molecule has 0 aromatic heterocycles. The van der Waals surface area contributed by atoms with Gasteiger partial charge in [-0.15, -0.1) is 0 Å². The van der Waals surface area contributed by atoms with Crippen molar-refractivity contribution in [2.45, 2.75) is 6.42 Å². The minimum Gasteiger partial charge on any atom is -0.465 e. The van der Waals surface area contributed by atoms with E-state index >= 15 is 0 Å². The molecule has 1 nitrogen and oxygen atoms in total. The van der Waals surface area contributed by atoms with E-state index in [2.05, 4.69) is 6.07 Å². The number of hydrogen-bond acceptors (Lipinski definition) is 1. The second-order valence-corrected chi connectivity index (χ2v) is 2.30. The maximum atomic E-state index is 5.24. The molecule has 0 aliphatic carbocycles. The van der Waals surface area contributed by atoms with Gasteiger partial charge in [-0.2, -0.15) is 0 Å². The van der Waals surface area contributed by atoms with E-state index < -0.39 is 0 Å². The second kappa shape index (κ2) is 5.79. The van der Waals surface area contributed by atoms with Crippen LogP contribution in [-0.2, 0) is 50.5 Å². The average molecular weight is 273 g/mol. The maximum Gasteiger partial charge on any atom is 0.130 e. The van der Waals surface area contributed by atoms with Crippen molar-refractivity contribution < 1.29 is 48.8 Å². The molecule has 0 saturated carbocycles. The fraction of sp³-hybridized carbons (Fsp3) is 0.111. The second-order valence-electron chi connectivity index (χ2n) is 2.30. The summed E-state index contributed by atoms with van der Waals surface area (Å²) >= 11 is 0. The summed E-state index contributed by atoms with van der Waals surface area (Å²) in [4.78, 5) is 0. The van der Waals surface area contributed by atoms with Crippen LogP contribution in [0.3, 0.4) is 0 Å². The number of hydrogen-bond donors (Lipinski definition) is 0. The topological polar surface area (TPSA) is 9.23 Å². The number of para-hydroxylation sites is 1. The molecule has 0 spiro atoms.